The lowest BCUT2D eigenvalue weighted by Crippen LogP contribution is -2.41. The molecule has 1 aromatic rings. The fraction of sp³-hybridized carbons (Fsp3) is 0.417. The van der Waals surface area contributed by atoms with Crippen LogP contribution in [0.4, 0.5) is 0 Å². The molecule has 5 nitrogen and oxygen atoms in total. The van der Waals surface area contributed by atoms with E-state index in [4.69, 9.17) is 0 Å². The van der Waals surface area contributed by atoms with Crippen molar-refractivity contribution in [1.29, 1.82) is 0 Å². The fourth-order valence-electron chi connectivity index (χ4n) is 1.46. The highest BCUT2D eigenvalue weighted by molar-refractivity contribution is 7.98. The van der Waals surface area contributed by atoms with Crippen molar-refractivity contribution < 1.29 is 17.9 Å². The molecule has 0 aliphatic rings. The average Bonchev–Trinajstić information content (AvgIpc) is 2.43. The Hall–Kier alpha value is -1.05. The molecule has 1 N–H and O–H groups in total. The Balaban J connectivity index is 2.86. The van der Waals surface area contributed by atoms with E-state index in [2.05, 4.69) is 9.46 Å². The van der Waals surface area contributed by atoms with Crippen LogP contribution >= 0.6 is 11.8 Å². The molecule has 1 atom stereocenters. The number of hydrogen-bond donors (Lipinski definition) is 1. The Labute approximate surface area is 117 Å². The van der Waals surface area contributed by atoms with Gasteiger partial charge >= 0.3 is 5.97 Å². The summed E-state index contributed by atoms with van der Waals surface area (Å²) in [5, 5.41) is 0. The zero-order valence-corrected chi connectivity index (χ0v) is 12.5. The predicted octanol–water partition coefficient (Wildman–Crippen LogP) is 1.26. The largest absolute Gasteiger partial charge is 0.468 e. The number of benzene rings is 1. The van der Waals surface area contributed by atoms with Crippen molar-refractivity contribution in [3.05, 3.63) is 30.3 Å². The normalized spacial score (nSPS) is 12.9. The number of esters is 1. The number of thioether (sulfide) groups is 1. The lowest BCUT2D eigenvalue weighted by Gasteiger charge is -2.16. The number of nitrogens with one attached hydrogen (secondary N) is 1. The number of rotatable bonds is 7. The molecule has 0 bridgehead atoms. The molecular formula is C12H17NO4S2. The summed E-state index contributed by atoms with van der Waals surface area (Å²) in [6.45, 7) is 0. The van der Waals surface area contributed by atoms with Crippen molar-refractivity contribution in [3.8, 4) is 0 Å². The van der Waals surface area contributed by atoms with Crippen LogP contribution in [0.25, 0.3) is 0 Å². The molecule has 0 heterocycles. The second-order valence-electron chi connectivity index (χ2n) is 3.79. The smallest absolute Gasteiger partial charge is 0.323 e. The van der Waals surface area contributed by atoms with Crippen molar-refractivity contribution in [2.24, 2.45) is 0 Å². The Kier molecular flexibility index (Phi) is 6.33. The standard InChI is InChI=1S/C12H17NO4S2/c1-17-12(14)11(8-9-18-2)13-19(15,16)10-6-4-3-5-7-10/h3-7,11,13H,8-9H2,1-2H3. The SMILES string of the molecule is COC(=O)C(CCSC)NS(=O)(=O)c1ccccc1. The molecule has 0 saturated carbocycles. The first-order valence-electron chi connectivity index (χ1n) is 5.65. The highest BCUT2D eigenvalue weighted by Gasteiger charge is 2.25. The van der Waals surface area contributed by atoms with Gasteiger partial charge in [-0.15, -0.1) is 0 Å². The zero-order valence-electron chi connectivity index (χ0n) is 10.8. The minimum absolute atomic E-state index is 0.132. The van der Waals surface area contributed by atoms with Crippen LogP contribution in [0.5, 0.6) is 0 Å². The first kappa shape index (κ1) is 16.0. The van der Waals surface area contributed by atoms with Crippen LogP contribution < -0.4 is 4.72 Å². The number of ether oxygens (including phenoxy) is 1. The van der Waals surface area contributed by atoms with Gasteiger partial charge in [0.25, 0.3) is 0 Å². The second-order valence-corrected chi connectivity index (χ2v) is 6.49. The summed E-state index contributed by atoms with van der Waals surface area (Å²) in [4.78, 5) is 11.7. The van der Waals surface area contributed by atoms with E-state index in [0.29, 0.717) is 12.2 Å². The van der Waals surface area contributed by atoms with E-state index in [9.17, 15) is 13.2 Å². The summed E-state index contributed by atoms with van der Waals surface area (Å²) >= 11 is 1.54. The maximum atomic E-state index is 12.1. The molecule has 0 saturated heterocycles. The summed E-state index contributed by atoms with van der Waals surface area (Å²) in [6, 6.07) is 7.08. The Morgan fingerprint density at radius 1 is 1.37 bits per heavy atom. The molecule has 0 aliphatic heterocycles. The van der Waals surface area contributed by atoms with Gasteiger partial charge in [-0.25, -0.2) is 8.42 Å². The van der Waals surface area contributed by atoms with Crippen molar-refractivity contribution >= 4 is 27.8 Å². The summed E-state index contributed by atoms with van der Waals surface area (Å²) in [7, 11) is -2.46. The minimum Gasteiger partial charge on any atom is -0.468 e. The third-order valence-electron chi connectivity index (χ3n) is 2.45. The van der Waals surface area contributed by atoms with Gasteiger partial charge in [0.2, 0.25) is 10.0 Å². The van der Waals surface area contributed by atoms with Gasteiger partial charge in [-0.2, -0.15) is 16.5 Å². The predicted molar refractivity (Wildman–Crippen MR) is 75.6 cm³/mol. The molecule has 0 amide bonds. The summed E-state index contributed by atoms with van der Waals surface area (Å²) in [5.74, 6) is 0.0884. The van der Waals surface area contributed by atoms with Crippen LogP contribution in [0.1, 0.15) is 6.42 Å². The van der Waals surface area contributed by atoms with E-state index >= 15 is 0 Å². The van der Waals surface area contributed by atoms with Gasteiger partial charge in [-0.05, 0) is 30.6 Å². The maximum Gasteiger partial charge on any atom is 0.323 e. The monoisotopic (exact) mass is 303 g/mol. The van der Waals surface area contributed by atoms with Crippen LogP contribution in [0, 0.1) is 0 Å². The molecule has 0 fully saturated rings. The lowest BCUT2D eigenvalue weighted by molar-refractivity contribution is -0.142. The van der Waals surface area contributed by atoms with Crippen LogP contribution in [-0.4, -0.2) is 39.5 Å². The highest BCUT2D eigenvalue weighted by Crippen LogP contribution is 2.11. The summed E-state index contributed by atoms with van der Waals surface area (Å²) < 4.78 is 31.2. The second kappa shape index (κ2) is 7.52. The molecule has 7 heteroatoms. The van der Waals surface area contributed by atoms with E-state index in [0.717, 1.165) is 0 Å². The molecule has 1 rings (SSSR count). The minimum atomic E-state index is -3.71. The first-order chi connectivity index (χ1) is 9.01. The van der Waals surface area contributed by atoms with Gasteiger partial charge in [0.1, 0.15) is 6.04 Å². The molecule has 19 heavy (non-hydrogen) atoms. The van der Waals surface area contributed by atoms with Crippen molar-refractivity contribution in [3.63, 3.8) is 0 Å². The Morgan fingerprint density at radius 3 is 2.53 bits per heavy atom. The van der Waals surface area contributed by atoms with Crippen LogP contribution in [0.3, 0.4) is 0 Å². The fourth-order valence-corrected chi connectivity index (χ4v) is 3.17. The van der Waals surface area contributed by atoms with E-state index in [1.165, 1.54) is 31.0 Å². The molecule has 1 aromatic carbocycles. The summed E-state index contributed by atoms with van der Waals surface area (Å²) in [5.41, 5.74) is 0. The van der Waals surface area contributed by atoms with Gasteiger partial charge < -0.3 is 4.74 Å². The van der Waals surface area contributed by atoms with E-state index < -0.39 is 22.0 Å². The van der Waals surface area contributed by atoms with E-state index in [1.807, 2.05) is 6.26 Å². The molecule has 1 unspecified atom stereocenters. The number of carbonyl (C=O) groups excluding carboxylic acids is 1. The number of methoxy groups -OCH3 is 1. The van der Waals surface area contributed by atoms with Crippen LogP contribution in [-0.2, 0) is 19.6 Å². The Bertz CT molecular complexity index is 502. The molecular weight excluding hydrogens is 286 g/mol. The highest BCUT2D eigenvalue weighted by atomic mass is 32.2. The van der Waals surface area contributed by atoms with Gasteiger partial charge in [0, 0.05) is 0 Å². The molecule has 0 aromatic heterocycles. The van der Waals surface area contributed by atoms with Crippen LogP contribution in [0.15, 0.2) is 35.2 Å². The van der Waals surface area contributed by atoms with Gasteiger partial charge in [-0.1, -0.05) is 18.2 Å². The maximum absolute atomic E-state index is 12.1. The number of hydrogen-bond acceptors (Lipinski definition) is 5. The molecule has 0 spiro atoms. The number of carbonyl (C=O) groups is 1. The molecule has 0 radical (unpaired) electrons. The third kappa shape index (κ3) is 4.85. The molecule has 0 aliphatic carbocycles. The quantitative estimate of drug-likeness (QED) is 0.768. The van der Waals surface area contributed by atoms with Crippen molar-refractivity contribution in [2.75, 3.05) is 19.1 Å². The molecule has 106 valence electrons. The van der Waals surface area contributed by atoms with Crippen molar-refractivity contribution in [2.45, 2.75) is 17.4 Å². The van der Waals surface area contributed by atoms with Crippen molar-refractivity contribution in [1.82, 2.24) is 4.72 Å². The zero-order chi connectivity index (χ0) is 14.3. The topological polar surface area (TPSA) is 72.5 Å². The van der Waals surface area contributed by atoms with Gasteiger partial charge in [0.15, 0.2) is 0 Å². The Morgan fingerprint density at radius 2 is 2.00 bits per heavy atom. The first-order valence-corrected chi connectivity index (χ1v) is 8.53. The van der Waals surface area contributed by atoms with Gasteiger partial charge in [-0.3, -0.25) is 4.79 Å². The third-order valence-corrected chi connectivity index (χ3v) is 4.58. The summed E-state index contributed by atoms with van der Waals surface area (Å²) in [6.07, 6.45) is 2.28. The number of sulfonamides is 1. The van der Waals surface area contributed by atoms with Crippen LogP contribution in [0.2, 0.25) is 0 Å². The van der Waals surface area contributed by atoms with E-state index in [-0.39, 0.29) is 4.90 Å². The van der Waals surface area contributed by atoms with E-state index in [1.54, 1.807) is 18.2 Å². The van der Waals surface area contributed by atoms with Gasteiger partial charge in [0.05, 0.1) is 12.0 Å². The average molecular weight is 303 g/mol. The lowest BCUT2D eigenvalue weighted by atomic mass is 10.2.